The van der Waals surface area contributed by atoms with Crippen LogP contribution in [0.4, 0.5) is 0 Å². The fraction of sp³-hybridized carbons (Fsp3) is 0.875. The maximum atomic E-state index is 3.98. The first-order valence-electron chi connectivity index (χ1n) is 4.51. The topological polar surface area (TPSA) is 54.5 Å². The summed E-state index contributed by atoms with van der Waals surface area (Å²) in [6, 6.07) is 0. The van der Waals surface area contributed by atoms with Crippen LogP contribution in [0.15, 0.2) is 0 Å². The summed E-state index contributed by atoms with van der Waals surface area (Å²) in [5, 5.41) is 14.0. The van der Waals surface area contributed by atoms with E-state index in [-0.39, 0.29) is 0 Å². The first kappa shape index (κ1) is 7.71. The summed E-state index contributed by atoms with van der Waals surface area (Å²) in [6.07, 6.45) is 6.30. The molecule has 1 aliphatic rings. The zero-order chi connectivity index (χ0) is 8.44. The Morgan fingerprint density at radius 3 is 2.75 bits per heavy atom. The van der Waals surface area contributed by atoms with Gasteiger partial charge in [-0.3, -0.25) is 0 Å². The Kier molecular flexibility index (Phi) is 1.83. The van der Waals surface area contributed by atoms with Crippen molar-refractivity contribution < 1.29 is 0 Å². The average Bonchev–Trinajstić information content (AvgIpc) is 2.62. The Bertz CT molecular complexity index is 236. The second kappa shape index (κ2) is 2.84. The summed E-state index contributed by atoms with van der Waals surface area (Å²) in [5.74, 6) is 0.861. The molecule has 1 N–H and O–H groups in total. The highest BCUT2D eigenvalue weighted by molar-refractivity contribution is 4.90. The van der Waals surface area contributed by atoms with Gasteiger partial charge < -0.3 is 0 Å². The summed E-state index contributed by atoms with van der Waals surface area (Å²) < 4.78 is 0. The molecule has 1 fully saturated rings. The second-order valence-corrected chi connectivity index (χ2v) is 4.02. The molecular weight excluding hydrogens is 152 g/mol. The Balaban J connectivity index is 2.02. The quantitative estimate of drug-likeness (QED) is 0.721. The molecule has 0 radical (unpaired) electrons. The minimum Gasteiger partial charge on any atom is -0.177 e. The van der Waals surface area contributed by atoms with Crippen LogP contribution in [-0.2, 0) is 6.42 Å². The summed E-state index contributed by atoms with van der Waals surface area (Å²) in [5.41, 5.74) is 0.434. The number of aromatic amines is 1. The summed E-state index contributed by atoms with van der Waals surface area (Å²) in [7, 11) is 0. The minimum absolute atomic E-state index is 0.434. The van der Waals surface area contributed by atoms with Crippen molar-refractivity contribution in [2.75, 3.05) is 0 Å². The molecular formula is C8H14N4. The average molecular weight is 166 g/mol. The van der Waals surface area contributed by atoms with Crippen LogP contribution in [0.3, 0.4) is 0 Å². The molecule has 0 bridgehead atoms. The van der Waals surface area contributed by atoms with Gasteiger partial charge in [0.05, 0.1) is 0 Å². The molecule has 0 saturated heterocycles. The van der Waals surface area contributed by atoms with Gasteiger partial charge in [0.25, 0.3) is 0 Å². The van der Waals surface area contributed by atoms with Crippen molar-refractivity contribution >= 4 is 0 Å². The second-order valence-electron chi connectivity index (χ2n) is 4.02. The van der Waals surface area contributed by atoms with Crippen molar-refractivity contribution in [3.05, 3.63) is 5.82 Å². The zero-order valence-corrected chi connectivity index (χ0v) is 7.38. The lowest BCUT2D eigenvalue weighted by molar-refractivity contribution is 0.327. The number of nitrogens with zero attached hydrogens (tertiary/aromatic N) is 3. The monoisotopic (exact) mass is 166 g/mol. The summed E-state index contributed by atoms with van der Waals surface area (Å²) in [4.78, 5) is 0. The molecule has 0 unspecified atom stereocenters. The van der Waals surface area contributed by atoms with E-state index in [2.05, 4.69) is 27.5 Å². The lowest BCUT2D eigenvalue weighted by atomic mass is 9.85. The predicted molar refractivity (Wildman–Crippen MR) is 44.5 cm³/mol. The van der Waals surface area contributed by atoms with Crippen molar-refractivity contribution in [3.8, 4) is 0 Å². The highest BCUT2D eigenvalue weighted by Gasteiger charge is 2.29. The Labute approximate surface area is 71.8 Å². The van der Waals surface area contributed by atoms with Gasteiger partial charge in [-0.1, -0.05) is 25.0 Å². The van der Waals surface area contributed by atoms with Gasteiger partial charge in [-0.15, -0.1) is 10.2 Å². The van der Waals surface area contributed by atoms with Crippen molar-refractivity contribution in [2.45, 2.75) is 39.0 Å². The van der Waals surface area contributed by atoms with Crippen LogP contribution in [0.2, 0.25) is 0 Å². The van der Waals surface area contributed by atoms with Gasteiger partial charge in [0, 0.05) is 6.42 Å². The third-order valence-electron chi connectivity index (χ3n) is 2.78. The number of tetrazole rings is 1. The lowest BCUT2D eigenvalue weighted by Crippen LogP contribution is -2.15. The van der Waals surface area contributed by atoms with E-state index in [0.717, 1.165) is 12.2 Å². The molecule has 4 nitrogen and oxygen atoms in total. The van der Waals surface area contributed by atoms with Crippen LogP contribution in [0.5, 0.6) is 0 Å². The van der Waals surface area contributed by atoms with E-state index < -0.39 is 0 Å². The number of aromatic nitrogens is 4. The SMILES string of the molecule is CC1(Cc2nn[nH]n2)CCCC1. The third kappa shape index (κ3) is 1.47. The van der Waals surface area contributed by atoms with Gasteiger partial charge in [0.1, 0.15) is 0 Å². The smallest absolute Gasteiger partial charge is 0.175 e. The first-order chi connectivity index (χ1) is 5.79. The molecule has 1 saturated carbocycles. The van der Waals surface area contributed by atoms with E-state index in [1.54, 1.807) is 0 Å². The van der Waals surface area contributed by atoms with Crippen LogP contribution >= 0.6 is 0 Å². The molecule has 1 aliphatic carbocycles. The van der Waals surface area contributed by atoms with Crippen LogP contribution in [0.25, 0.3) is 0 Å². The largest absolute Gasteiger partial charge is 0.177 e. The van der Waals surface area contributed by atoms with Gasteiger partial charge in [-0.25, -0.2) is 0 Å². The van der Waals surface area contributed by atoms with Crippen molar-refractivity contribution in [1.82, 2.24) is 20.6 Å². The molecule has 1 aromatic rings. The lowest BCUT2D eigenvalue weighted by Gasteiger charge is -2.20. The minimum atomic E-state index is 0.434. The van der Waals surface area contributed by atoms with E-state index in [4.69, 9.17) is 0 Å². The molecule has 0 amide bonds. The Morgan fingerprint density at radius 1 is 1.42 bits per heavy atom. The molecule has 1 heterocycles. The molecule has 12 heavy (non-hydrogen) atoms. The van der Waals surface area contributed by atoms with Crippen LogP contribution in [0.1, 0.15) is 38.4 Å². The molecule has 0 aliphatic heterocycles. The molecule has 1 aromatic heterocycles. The molecule has 0 spiro atoms. The van der Waals surface area contributed by atoms with E-state index in [0.29, 0.717) is 5.41 Å². The van der Waals surface area contributed by atoms with Crippen molar-refractivity contribution in [1.29, 1.82) is 0 Å². The van der Waals surface area contributed by atoms with Crippen molar-refractivity contribution in [3.63, 3.8) is 0 Å². The summed E-state index contributed by atoms with van der Waals surface area (Å²) in [6.45, 7) is 2.32. The maximum Gasteiger partial charge on any atom is 0.175 e. The molecule has 0 atom stereocenters. The molecule has 66 valence electrons. The van der Waals surface area contributed by atoms with Gasteiger partial charge >= 0.3 is 0 Å². The van der Waals surface area contributed by atoms with Gasteiger partial charge in [-0.2, -0.15) is 5.21 Å². The van der Waals surface area contributed by atoms with E-state index in [1.165, 1.54) is 25.7 Å². The number of nitrogens with one attached hydrogen (secondary N) is 1. The Morgan fingerprint density at radius 2 is 2.17 bits per heavy atom. The standard InChI is InChI=1S/C8H14N4/c1-8(4-2-3-5-8)6-7-9-11-12-10-7/h2-6H2,1H3,(H,9,10,11,12). The van der Waals surface area contributed by atoms with Gasteiger partial charge in [0.15, 0.2) is 5.82 Å². The van der Waals surface area contributed by atoms with Crippen LogP contribution in [0, 0.1) is 5.41 Å². The van der Waals surface area contributed by atoms with Gasteiger partial charge in [-0.05, 0) is 18.3 Å². The molecule has 2 rings (SSSR count). The maximum absolute atomic E-state index is 3.98. The molecule has 0 aromatic carbocycles. The van der Waals surface area contributed by atoms with Crippen LogP contribution < -0.4 is 0 Å². The number of rotatable bonds is 2. The van der Waals surface area contributed by atoms with Crippen molar-refractivity contribution in [2.24, 2.45) is 5.41 Å². The highest BCUT2D eigenvalue weighted by Crippen LogP contribution is 2.39. The van der Waals surface area contributed by atoms with E-state index in [9.17, 15) is 0 Å². The number of hydrogen-bond acceptors (Lipinski definition) is 3. The number of H-pyrrole nitrogens is 1. The highest BCUT2D eigenvalue weighted by atomic mass is 15.5. The predicted octanol–water partition coefficient (Wildman–Crippen LogP) is 1.32. The Hall–Kier alpha value is -0.930. The normalized spacial score (nSPS) is 21.4. The fourth-order valence-corrected chi connectivity index (χ4v) is 2.04. The van der Waals surface area contributed by atoms with Crippen LogP contribution in [-0.4, -0.2) is 20.6 Å². The van der Waals surface area contributed by atoms with E-state index >= 15 is 0 Å². The van der Waals surface area contributed by atoms with E-state index in [1.807, 2.05) is 0 Å². The zero-order valence-electron chi connectivity index (χ0n) is 7.38. The summed E-state index contributed by atoms with van der Waals surface area (Å²) >= 11 is 0. The molecule has 4 heteroatoms. The fourth-order valence-electron chi connectivity index (χ4n) is 2.04. The first-order valence-corrected chi connectivity index (χ1v) is 4.51. The van der Waals surface area contributed by atoms with Gasteiger partial charge in [0.2, 0.25) is 0 Å². The third-order valence-corrected chi connectivity index (χ3v) is 2.78. The number of hydrogen-bond donors (Lipinski definition) is 1.